The number of carbonyl (C=O) groups excluding carboxylic acids is 2. The average molecular weight is 400 g/mol. The zero-order valence-electron chi connectivity index (χ0n) is 14.9. The van der Waals surface area contributed by atoms with E-state index in [1.165, 1.54) is 11.3 Å². The summed E-state index contributed by atoms with van der Waals surface area (Å²) < 4.78 is 0. The largest absolute Gasteiger partial charge is 0.343 e. The van der Waals surface area contributed by atoms with Crippen LogP contribution in [0.25, 0.3) is 11.3 Å². The van der Waals surface area contributed by atoms with E-state index in [-0.39, 0.29) is 12.5 Å². The molecule has 1 aromatic heterocycles. The van der Waals surface area contributed by atoms with Gasteiger partial charge in [0.15, 0.2) is 5.13 Å². The first-order valence-electron chi connectivity index (χ1n) is 8.30. The summed E-state index contributed by atoms with van der Waals surface area (Å²) in [7, 11) is 0. The van der Waals surface area contributed by atoms with Gasteiger partial charge in [-0.15, -0.1) is 11.3 Å². The zero-order chi connectivity index (χ0) is 19.4. The van der Waals surface area contributed by atoms with Crippen molar-refractivity contribution in [3.05, 3.63) is 69.6 Å². The summed E-state index contributed by atoms with van der Waals surface area (Å²) >= 11 is 7.32. The Labute approximate surface area is 166 Å². The van der Waals surface area contributed by atoms with Crippen LogP contribution < -0.4 is 10.6 Å². The second-order valence-electron chi connectivity index (χ2n) is 6.07. The highest BCUT2D eigenvalue weighted by Crippen LogP contribution is 2.28. The smallest absolute Gasteiger partial charge is 0.253 e. The molecule has 2 N–H and O–H groups in total. The van der Waals surface area contributed by atoms with Gasteiger partial charge in [0.25, 0.3) is 5.91 Å². The number of thiazole rings is 1. The number of halogens is 1. The number of anilines is 1. The molecule has 1 heterocycles. The number of hydrogen-bond acceptors (Lipinski definition) is 4. The molecule has 2 amide bonds. The molecule has 3 rings (SSSR count). The highest BCUT2D eigenvalue weighted by atomic mass is 35.5. The highest BCUT2D eigenvalue weighted by molar-refractivity contribution is 7.14. The molecule has 138 valence electrons. The van der Waals surface area contributed by atoms with Gasteiger partial charge >= 0.3 is 0 Å². The molecule has 0 fully saturated rings. The third kappa shape index (κ3) is 4.72. The molecule has 0 radical (unpaired) electrons. The highest BCUT2D eigenvalue weighted by Gasteiger charge is 2.13. The van der Waals surface area contributed by atoms with Gasteiger partial charge in [-0.3, -0.25) is 9.59 Å². The van der Waals surface area contributed by atoms with Crippen LogP contribution in [0.5, 0.6) is 0 Å². The van der Waals surface area contributed by atoms with Gasteiger partial charge in [-0.05, 0) is 37.6 Å². The predicted molar refractivity (Wildman–Crippen MR) is 109 cm³/mol. The molecule has 27 heavy (non-hydrogen) atoms. The molecule has 0 unspecified atom stereocenters. The Hall–Kier alpha value is -2.70. The quantitative estimate of drug-likeness (QED) is 0.665. The maximum absolute atomic E-state index is 12.1. The van der Waals surface area contributed by atoms with Gasteiger partial charge in [0.05, 0.1) is 22.8 Å². The lowest BCUT2D eigenvalue weighted by atomic mass is 10.0. The summed E-state index contributed by atoms with van der Waals surface area (Å²) in [4.78, 5) is 28.7. The summed E-state index contributed by atoms with van der Waals surface area (Å²) in [6.07, 6.45) is 0. The van der Waals surface area contributed by atoms with E-state index in [0.29, 0.717) is 15.7 Å². The standard InChI is InChI=1S/C20H18ClN3O2S/c1-12-7-8-13(2)15(9-12)17-11-27-20(23-17)24-18(25)10-22-19(26)14-5-3-4-6-16(14)21/h3-9,11H,10H2,1-2H3,(H,22,26)(H,23,24,25). The van der Waals surface area contributed by atoms with Crippen molar-refractivity contribution in [3.8, 4) is 11.3 Å². The number of rotatable bonds is 5. The molecule has 0 aliphatic heterocycles. The van der Waals surface area contributed by atoms with E-state index in [1.807, 2.05) is 25.3 Å². The summed E-state index contributed by atoms with van der Waals surface area (Å²) in [5, 5.41) is 8.00. The maximum Gasteiger partial charge on any atom is 0.253 e. The van der Waals surface area contributed by atoms with Crippen LogP contribution in [0, 0.1) is 13.8 Å². The summed E-state index contributed by atoms with van der Waals surface area (Å²) in [5.41, 5.74) is 4.46. The molecule has 3 aromatic rings. The normalized spacial score (nSPS) is 10.5. The Bertz CT molecular complexity index is 1000. The van der Waals surface area contributed by atoms with Crippen LogP contribution in [-0.2, 0) is 4.79 Å². The molecule has 0 aliphatic carbocycles. The first-order valence-corrected chi connectivity index (χ1v) is 9.55. The first-order chi connectivity index (χ1) is 12.9. The van der Waals surface area contributed by atoms with Crippen molar-refractivity contribution < 1.29 is 9.59 Å². The van der Waals surface area contributed by atoms with E-state index in [0.717, 1.165) is 22.4 Å². The number of amides is 2. The summed E-state index contributed by atoms with van der Waals surface area (Å²) in [5.74, 6) is -0.747. The van der Waals surface area contributed by atoms with Crippen molar-refractivity contribution in [2.45, 2.75) is 13.8 Å². The van der Waals surface area contributed by atoms with E-state index in [2.05, 4.69) is 27.8 Å². The van der Waals surface area contributed by atoms with Crippen LogP contribution >= 0.6 is 22.9 Å². The Balaban J connectivity index is 1.60. The fraction of sp³-hybridized carbons (Fsp3) is 0.150. The Morgan fingerprint density at radius 3 is 2.70 bits per heavy atom. The molecule has 7 heteroatoms. The third-order valence-corrected chi connectivity index (χ3v) is 5.03. The number of aryl methyl sites for hydroxylation is 2. The molecular weight excluding hydrogens is 382 g/mol. The lowest BCUT2D eigenvalue weighted by Gasteiger charge is -2.06. The molecular formula is C20H18ClN3O2S. The molecule has 0 saturated heterocycles. The molecule has 5 nitrogen and oxygen atoms in total. The second-order valence-corrected chi connectivity index (χ2v) is 7.33. The molecule has 0 spiro atoms. The minimum absolute atomic E-state index is 0.164. The van der Waals surface area contributed by atoms with Crippen LogP contribution in [0.4, 0.5) is 5.13 Å². The molecule has 2 aromatic carbocycles. The van der Waals surface area contributed by atoms with Gasteiger partial charge in [-0.1, -0.05) is 41.4 Å². The van der Waals surface area contributed by atoms with Crippen LogP contribution in [0.1, 0.15) is 21.5 Å². The third-order valence-electron chi connectivity index (χ3n) is 3.95. The predicted octanol–water partition coefficient (Wildman–Crippen LogP) is 4.45. The molecule has 0 bridgehead atoms. The Morgan fingerprint density at radius 2 is 1.93 bits per heavy atom. The molecule has 0 atom stereocenters. The molecule has 0 aliphatic rings. The van der Waals surface area contributed by atoms with Crippen molar-refractivity contribution in [2.24, 2.45) is 0 Å². The minimum Gasteiger partial charge on any atom is -0.343 e. The SMILES string of the molecule is Cc1ccc(C)c(-c2csc(NC(=O)CNC(=O)c3ccccc3Cl)n2)c1. The average Bonchev–Trinajstić information content (AvgIpc) is 3.10. The number of benzene rings is 2. The minimum atomic E-state index is -0.397. The fourth-order valence-electron chi connectivity index (χ4n) is 2.53. The van der Waals surface area contributed by atoms with Crippen molar-refractivity contribution in [1.29, 1.82) is 0 Å². The number of hydrogen-bond donors (Lipinski definition) is 2. The van der Waals surface area contributed by atoms with Crippen molar-refractivity contribution in [2.75, 3.05) is 11.9 Å². The van der Waals surface area contributed by atoms with Crippen LogP contribution in [0.3, 0.4) is 0 Å². The van der Waals surface area contributed by atoms with E-state index < -0.39 is 5.91 Å². The van der Waals surface area contributed by atoms with E-state index in [1.54, 1.807) is 24.3 Å². The zero-order valence-corrected chi connectivity index (χ0v) is 16.4. The van der Waals surface area contributed by atoms with E-state index in [4.69, 9.17) is 11.6 Å². The van der Waals surface area contributed by atoms with Gasteiger partial charge in [-0.25, -0.2) is 4.98 Å². The number of aromatic nitrogens is 1. The van der Waals surface area contributed by atoms with Gasteiger partial charge in [-0.2, -0.15) is 0 Å². The van der Waals surface area contributed by atoms with Crippen LogP contribution in [0.2, 0.25) is 5.02 Å². The lowest BCUT2D eigenvalue weighted by molar-refractivity contribution is -0.115. The van der Waals surface area contributed by atoms with Gasteiger partial charge in [0, 0.05) is 10.9 Å². The topological polar surface area (TPSA) is 71.1 Å². The van der Waals surface area contributed by atoms with Crippen LogP contribution in [0.15, 0.2) is 47.8 Å². The molecule has 0 saturated carbocycles. The van der Waals surface area contributed by atoms with Gasteiger partial charge in [0.2, 0.25) is 5.91 Å². The van der Waals surface area contributed by atoms with Crippen LogP contribution in [-0.4, -0.2) is 23.3 Å². The Morgan fingerprint density at radius 1 is 1.15 bits per heavy atom. The maximum atomic E-state index is 12.1. The summed E-state index contributed by atoms with van der Waals surface area (Å²) in [6, 6.07) is 12.8. The van der Waals surface area contributed by atoms with E-state index in [9.17, 15) is 9.59 Å². The lowest BCUT2D eigenvalue weighted by Crippen LogP contribution is -2.32. The summed E-state index contributed by atoms with van der Waals surface area (Å²) in [6.45, 7) is 3.89. The fourth-order valence-corrected chi connectivity index (χ4v) is 3.48. The van der Waals surface area contributed by atoms with Gasteiger partial charge < -0.3 is 10.6 Å². The number of nitrogens with zero attached hydrogens (tertiary/aromatic N) is 1. The number of carbonyl (C=O) groups is 2. The Kier molecular flexibility index (Phi) is 5.88. The van der Waals surface area contributed by atoms with E-state index >= 15 is 0 Å². The monoisotopic (exact) mass is 399 g/mol. The number of nitrogens with one attached hydrogen (secondary N) is 2. The first kappa shape index (κ1) is 19.1. The van der Waals surface area contributed by atoms with Crippen molar-refractivity contribution in [3.63, 3.8) is 0 Å². The van der Waals surface area contributed by atoms with Crippen molar-refractivity contribution in [1.82, 2.24) is 10.3 Å². The van der Waals surface area contributed by atoms with Gasteiger partial charge in [0.1, 0.15) is 0 Å². The van der Waals surface area contributed by atoms with Crippen molar-refractivity contribution >= 4 is 39.9 Å². The second kappa shape index (κ2) is 8.33.